The van der Waals surface area contributed by atoms with Crippen LogP contribution in [0.15, 0.2) is 48.7 Å². The van der Waals surface area contributed by atoms with Gasteiger partial charge in [0.2, 0.25) is 5.91 Å². The van der Waals surface area contributed by atoms with E-state index in [0.29, 0.717) is 13.1 Å². The molecule has 120 valence electrons. The van der Waals surface area contributed by atoms with Crippen molar-refractivity contribution in [3.63, 3.8) is 0 Å². The minimum absolute atomic E-state index is 0.0815. The fraction of sp³-hybridized carbons (Fsp3) is 0.333. The van der Waals surface area contributed by atoms with E-state index in [0.717, 1.165) is 17.9 Å². The van der Waals surface area contributed by atoms with Gasteiger partial charge in [0.25, 0.3) is 0 Å². The number of ether oxygens (including phenoxy) is 1. The summed E-state index contributed by atoms with van der Waals surface area (Å²) in [5.41, 5.74) is 2.10. The van der Waals surface area contributed by atoms with Crippen molar-refractivity contribution in [3.8, 4) is 5.75 Å². The van der Waals surface area contributed by atoms with Crippen LogP contribution in [-0.2, 0) is 11.2 Å². The van der Waals surface area contributed by atoms with Gasteiger partial charge in [-0.3, -0.25) is 14.7 Å². The fourth-order valence-electron chi connectivity index (χ4n) is 2.97. The summed E-state index contributed by atoms with van der Waals surface area (Å²) in [6.07, 6.45) is 2.50. The van der Waals surface area contributed by atoms with Crippen molar-refractivity contribution >= 4 is 5.91 Å². The first-order valence-electron chi connectivity index (χ1n) is 7.72. The van der Waals surface area contributed by atoms with Crippen molar-refractivity contribution in [2.45, 2.75) is 12.6 Å². The van der Waals surface area contributed by atoms with Crippen molar-refractivity contribution in [1.29, 1.82) is 0 Å². The molecule has 23 heavy (non-hydrogen) atoms. The molecule has 0 bridgehead atoms. The molecule has 1 aliphatic rings. The van der Waals surface area contributed by atoms with Crippen LogP contribution in [0.5, 0.6) is 5.75 Å². The summed E-state index contributed by atoms with van der Waals surface area (Å²) in [6, 6.07) is 13.8. The van der Waals surface area contributed by atoms with Crippen molar-refractivity contribution in [3.05, 3.63) is 59.9 Å². The number of likely N-dealkylation sites (N-methyl/N-ethyl adjacent to an activating group) is 1. The van der Waals surface area contributed by atoms with E-state index in [9.17, 15) is 4.79 Å². The number of hydrogen-bond donors (Lipinski definition) is 0. The second-order valence-corrected chi connectivity index (χ2v) is 5.73. The summed E-state index contributed by atoms with van der Waals surface area (Å²) in [5.74, 6) is 0.994. The second-order valence-electron chi connectivity index (χ2n) is 5.73. The molecule has 0 aliphatic carbocycles. The van der Waals surface area contributed by atoms with Crippen molar-refractivity contribution in [1.82, 2.24) is 14.8 Å². The van der Waals surface area contributed by atoms with Gasteiger partial charge in [0, 0.05) is 12.7 Å². The molecule has 1 aromatic heterocycles. The first kappa shape index (κ1) is 15.5. The lowest BCUT2D eigenvalue weighted by molar-refractivity contribution is -0.128. The predicted molar refractivity (Wildman–Crippen MR) is 88.0 cm³/mol. The highest BCUT2D eigenvalue weighted by atomic mass is 16.5. The van der Waals surface area contributed by atoms with Crippen LogP contribution in [0, 0.1) is 0 Å². The maximum atomic E-state index is 12.3. The number of rotatable bonds is 5. The first-order chi connectivity index (χ1) is 11.2. The van der Waals surface area contributed by atoms with Crippen molar-refractivity contribution in [2.24, 2.45) is 0 Å². The molecule has 5 heteroatoms. The van der Waals surface area contributed by atoms with Crippen molar-refractivity contribution < 1.29 is 9.53 Å². The highest BCUT2D eigenvalue weighted by Crippen LogP contribution is 2.28. The maximum Gasteiger partial charge on any atom is 0.238 e. The zero-order valence-corrected chi connectivity index (χ0v) is 13.5. The van der Waals surface area contributed by atoms with Crippen LogP contribution in [0.4, 0.5) is 0 Å². The van der Waals surface area contributed by atoms with E-state index in [1.54, 1.807) is 13.3 Å². The van der Waals surface area contributed by atoms with Gasteiger partial charge in [-0.2, -0.15) is 0 Å². The first-order valence-corrected chi connectivity index (χ1v) is 7.72. The standard InChI is InChI=1S/C18H21N3O2/c1-20-13-17(22)21(18(20)16-5-3-4-11-19-16)12-10-14-6-8-15(23-2)9-7-14/h3-9,11,18H,10,12-13H2,1-2H3. The van der Waals surface area contributed by atoms with E-state index in [-0.39, 0.29) is 12.1 Å². The molecule has 3 rings (SSSR count). The van der Waals surface area contributed by atoms with Crippen LogP contribution in [0.1, 0.15) is 17.4 Å². The minimum atomic E-state index is -0.0815. The number of amides is 1. The molecule has 1 atom stereocenters. The normalized spacial score (nSPS) is 18.4. The summed E-state index contributed by atoms with van der Waals surface area (Å²) in [5, 5.41) is 0. The van der Waals surface area contributed by atoms with E-state index in [1.165, 1.54) is 5.56 Å². The fourth-order valence-corrected chi connectivity index (χ4v) is 2.97. The van der Waals surface area contributed by atoms with Crippen LogP contribution < -0.4 is 4.74 Å². The summed E-state index contributed by atoms with van der Waals surface area (Å²) in [4.78, 5) is 20.7. The highest BCUT2D eigenvalue weighted by Gasteiger charge is 2.36. The molecule has 0 radical (unpaired) electrons. The summed E-state index contributed by atoms with van der Waals surface area (Å²) >= 11 is 0. The van der Waals surface area contributed by atoms with Gasteiger partial charge in [0.1, 0.15) is 11.9 Å². The zero-order chi connectivity index (χ0) is 16.2. The second kappa shape index (κ2) is 6.79. The molecule has 1 amide bonds. The molecule has 1 aliphatic heterocycles. The smallest absolute Gasteiger partial charge is 0.238 e. The number of pyridine rings is 1. The molecular formula is C18H21N3O2. The van der Waals surface area contributed by atoms with Crippen LogP contribution >= 0.6 is 0 Å². The Kier molecular flexibility index (Phi) is 4.57. The predicted octanol–water partition coefficient (Wildman–Crippen LogP) is 2.11. The largest absolute Gasteiger partial charge is 0.497 e. The summed E-state index contributed by atoms with van der Waals surface area (Å²) < 4.78 is 5.17. The van der Waals surface area contributed by atoms with Gasteiger partial charge in [0.15, 0.2) is 0 Å². The minimum Gasteiger partial charge on any atom is -0.497 e. The average molecular weight is 311 g/mol. The van der Waals surface area contributed by atoms with Gasteiger partial charge in [-0.25, -0.2) is 0 Å². The third-order valence-corrected chi connectivity index (χ3v) is 4.17. The molecule has 1 saturated heterocycles. The van der Waals surface area contributed by atoms with Gasteiger partial charge in [-0.05, 0) is 43.3 Å². The molecule has 0 spiro atoms. The SMILES string of the molecule is COc1ccc(CCN2C(=O)CN(C)C2c2ccccn2)cc1. The van der Waals surface area contributed by atoms with Gasteiger partial charge >= 0.3 is 0 Å². The lowest BCUT2D eigenvalue weighted by Gasteiger charge is -2.27. The number of carbonyl (C=O) groups is 1. The molecule has 2 aromatic rings. The van der Waals surface area contributed by atoms with Crippen molar-refractivity contribution in [2.75, 3.05) is 27.2 Å². The Balaban J connectivity index is 1.72. The molecule has 1 fully saturated rings. The monoisotopic (exact) mass is 311 g/mol. The Morgan fingerprint density at radius 1 is 1.22 bits per heavy atom. The average Bonchev–Trinajstić information content (AvgIpc) is 2.87. The molecule has 2 heterocycles. The highest BCUT2D eigenvalue weighted by molar-refractivity contribution is 5.80. The number of carbonyl (C=O) groups excluding carboxylic acids is 1. The molecular weight excluding hydrogens is 290 g/mol. The third kappa shape index (κ3) is 3.35. The van der Waals surface area contributed by atoms with Gasteiger partial charge in [-0.1, -0.05) is 18.2 Å². The number of aromatic nitrogens is 1. The molecule has 0 N–H and O–H groups in total. The zero-order valence-electron chi connectivity index (χ0n) is 13.5. The Morgan fingerprint density at radius 2 is 2.00 bits per heavy atom. The third-order valence-electron chi connectivity index (χ3n) is 4.17. The van der Waals surface area contributed by atoms with E-state index >= 15 is 0 Å². The Hall–Kier alpha value is -2.40. The molecule has 1 aromatic carbocycles. The molecule has 5 nitrogen and oxygen atoms in total. The van der Waals surface area contributed by atoms with E-state index in [2.05, 4.69) is 4.98 Å². The Bertz CT molecular complexity index is 658. The van der Waals surface area contributed by atoms with E-state index in [4.69, 9.17) is 4.74 Å². The summed E-state index contributed by atoms with van der Waals surface area (Å²) in [6.45, 7) is 1.11. The van der Waals surface area contributed by atoms with Crippen LogP contribution in [0.2, 0.25) is 0 Å². The van der Waals surface area contributed by atoms with Gasteiger partial charge in [-0.15, -0.1) is 0 Å². The number of nitrogens with zero attached hydrogens (tertiary/aromatic N) is 3. The lowest BCUT2D eigenvalue weighted by atomic mass is 10.1. The Labute approximate surface area is 136 Å². The van der Waals surface area contributed by atoms with Gasteiger partial charge < -0.3 is 9.64 Å². The number of benzene rings is 1. The Morgan fingerprint density at radius 3 is 2.65 bits per heavy atom. The molecule has 0 saturated carbocycles. The van der Waals surface area contributed by atoms with Crippen LogP contribution in [0.25, 0.3) is 0 Å². The topological polar surface area (TPSA) is 45.7 Å². The number of methoxy groups -OCH3 is 1. The van der Waals surface area contributed by atoms with E-state index < -0.39 is 0 Å². The quantitative estimate of drug-likeness (QED) is 0.848. The van der Waals surface area contributed by atoms with Gasteiger partial charge in [0.05, 0.1) is 19.3 Å². The summed E-state index contributed by atoms with van der Waals surface area (Å²) in [7, 11) is 3.62. The van der Waals surface area contributed by atoms with E-state index in [1.807, 2.05) is 59.3 Å². The lowest BCUT2D eigenvalue weighted by Crippen LogP contribution is -2.33. The molecule has 1 unspecified atom stereocenters. The van der Waals surface area contributed by atoms with Crippen LogP contribution in [0.3, 0.4) is 0 Å². The number of hydrogen-bond acceptors (Lipinski definition) is 4. The maximum absolute atomic E-state index is 12.3. The van der Waals surface area contributed by atoms with Crippen LogP contribution in [-0.4, -0.2) is 47.9 Å².